The third-order valence-electron chi connectivity index (χ3n) is 4.95. The predicted octanol–water partition coefficient (Wildman–Crippen LogP) is 2.28. The molecule has 0 heterocycles. The Hall–Kier alpha value is -3.36. The lowest BCUT2D eigenvalue weighted by atomic mass is 10.2. The van der Waals surface area contributed by atoms with E-state index in [2.05, 4.69) is 26.3 Å². The highest BCUT2D eigenvalue weighted by molar-refractivity contribution is 5.88. The van der Waals surface area contributed by atoms with Gasteiger partial charge in [-0.3, -0.25) is 0 Å². The third-order valence-corrected chi connectivity index (χ3v) is 4.95. The number of carbonyl (C=O) groups excluding carboxylic acids is 4. The monoisotopic (exact) mass is 614 g/mol. The minimum absolute atomic E-state index is 0.0388. The van der Waals surface area contributed by atoms with E-state index in [1.165, 1.54) is 20.8 Å². The molecule has 0 spiro atoms. The molecule has 0 saturated carbocycles. The zero-order chi connectivity index (χ0) is 32.6. The van der Waals surface area contributed by atoms with Crippen LogP contribution in [0.4, 0.5) is 0 Å². The van der Waals surface area contributed by atoms with Crippen LogP contribution in [0.1, 0.15) is 27.7 Å². The summed E-state index contributed by atoms with van der Waals surface area (Å²) in [5, 5.41) is 0. The zero-order valence-corrected chi connectivity index (χ0v) is 25.8. The molecular formula is C30H46O13. The maximum atomic E-state index is 12.3. The predicted molar refractivity (Wildman–Crippen MR) is 155 cm³/mol. The number of hydrogen-bond acceptors (Lipinski definition) is 13. The summed E-state index contributed by atoms with van der Waals surface area (Å²) in [5.74, 6) is -2.30. The first kappa shape index (κ1) is 39.6. The van der Waals surface area contributed by atoms with Crippen molar-refractivity contribution in [3.8, 4) is 0 Å². The topological polar surface area (TPSA) is 151 Å². The summed E-state index contributed by atoms with van der Waals surface area (Å²) in [5.41, 5.74) is 0.944. The fraction of sp³-hybridized carbons (Fsp3) is 0.600. The quantitative estimate of drug-likeness (QED) is 0.0607. The fourth-order valence-electron chi connectivity index (χ4n) is 2.63. The number of hydrogen-bond donors (Lipinski definition) is 0. The molecule has 2 unspecified atom stereocenters. The minimum atomic E-state index is -0.969. The molecule has 244 valence electrons. The molecule has 0 aromatic heterocycles. The van der Waals surface area contributed by atoms with Gasteiger partial charge < -0.3 is 42.6 Å². The van der Waals surface area contributed by atoms with Crippen molar-refractivity contribution in [3.63, 3.8) is 0 Å². The van der Waals surface area contributed by atoms with Gasteiger partial charge in [-0.25, -0.2) is 19.2 Å². The van der Waals surface area contributed by atoms with Gasteiger partial charge in [-0.15, -0.1) is 0 Å². The lowest BCUT2D eigenvalue weighted by Crippen LogP contribution is -2.42. The van der Waals surface area contributed by atoms with E-state index >= 15 is 0 Å². The molecule has 0 saturated heterocycles. The summed E-state index contributed by atoms with van der Waals surface area (Å²) < 4.78 is 48.3. The van der Waals surface area contributed by atoms with Crippen molar-refractivity contribution in [3.05, 3.63) is 48.6 Å². The van der Waals surface area contributed by atoms with Gasteiger partial charge in [0.05, 0.1) is 59.5 Å². The van der Waals surface area contributed by atoms with E-state index in [4.69, 9.17) is 42.6 Å². The Morgan fingerprint density at radius 1 is 0.442 bits per heavy atom. The first-order valence-electron chi connectivity index (χ1n) is 13.6. The maximum absolute atomic E-state index is 12.3. The lowest BCUT2D eigenvalue weighted by Gasteiger charge is -2.27. The van der Waals surface area contributed by atoms with E-state index in [-0.39, 0.29) is 96.0 Å². The molecule has 0 rings (SSSR count). The van der Waals surface area contributed by atoms with Crippen molar-refractivity contribution < 1.29 is 61.8 Å². The Labute approximate surface area is 253 Å². The standard InChI is InChI=1S/C30H46O13/c1-21(2)27(31)40-17-14-36-10-9-35-11-12-38-19-26(43-30(34)24(7)8)25(20-42-29(33)23(5)6)39-16-13-37-15-18-41-28(32)22(3)4/h25-26H,1,3,5,7,9-20H2,2,4,6,8H3. The molecule has 0 aliphatic carbocycles. The second-order valence-electron chi connectivity index (χ2n) is 9.26. The fourth-order valence-corrected chi connectivity index (χ4v) is 2.63. The van der Waals surface area contributed by atoms with Gasteiger partial charge in [0.25, 0.3) is 0 Å². The number of carbonyl (C=O) groups is 4. The Balaban J connectivity index is 4.76. The molecule has 0 amide bonds. The highest BCUT2D eigenvalue weighted by atomic mass is 16.6. The molecule has 0 N–H and O–H groups in total. The lowest BCUT2D eigenvalue weighted by molar-refractivity contribution is -0.169. The van der Waals surface area contributed by atoms with E-state index in [9.17, 15) is 19.2 Å². The molecule has 0 aromatic carbocycles. The average molecular weight is 615 g/mol. The van der Waals surface area contributed by atoms with Crippen LogP contribution in [0.3, 0.4) is 0 Å². The van der Waals surface area contributed by atoms with Gasteiger partial charge in [0, 0.05) is 22.3 Å². The number of ether oxygens (including phenoxy) is 9. The number of rotatable bonds is 26. The Kier molecular flexibility index (Phi) is 22.2. The van der Waals surface area contributed by atoms with Gasteiger partial charge in [0.15, 0.2) is 6.10 Å². The summed E-state index contributed by atoms with van der Waals surface area (Å²) >= 11 is 0. The van der Waals surface area contributed by atoms with Crippen LogP contribution < -0.4 is 0 Å². The van der Waals surface area contributed by atoms with Crippen molar-refractivity contribution in [2.45, 2.75) is 39.9 Å². The first-order chi connectivity index (χ1) is 20.4. The second kappa shape index (κ2) is 24.1. The average Bonchev–Trinajstić information content (AvgIpc) is 2.95. The van der Waals surface area contributed by atoms with Crippen molar-refractivity contribution >= 4 is 23.9 Å². The van der Waals surface area contributed by atoms with Gasteiger partial charge in [0.1, 0.15) is 25.9 Å². The van der Waals surface area contributed by atoms with Crippen LogP contribution in [-0.2, 0) is 61.8 Å². The Bertz CT molecular complexity index is 940. The Morgan fingerprint density at radius 3 is 1.26 bits per heavy atom. The van der Waals surface area contributed by atoms with Crippen LogP contribution in [-0.4, -0.2) is 115 Å². The normalized spacial score (nSPS) is 12.0. The SMILES string of the molecule is C=C(C)C(=O)OCCOCCOCCOCC(OC(=O)C(=C)C)C(COC(=O)C(=C)C)OCCOCCOC(=O)C(=C)C. The Morgan fingerprint density at radius 2 is 0.814 bits per heavy atom. The summed E-state index contributed by atoms with van der Waals surface area (Å²) in [6.45, 7) is 21.5. The van der Waals surface area contributed by atoms with Crippen molar-refractivity contribution in [2.75, 3.05) is 79.3 Å². The molecule has 13 heteroatoms. The molecule has 43 heavy (non-hydrogen) atoms. The van der Waals surface area contributed by atoms with E-state index in [1.807, 2.05) is 0 Å². The second-order valence-corrected chi connectivity index (χ2v) is 9.26. The maximum Gasteiger partial charge on any atom is 0.333 e. The van der Waals surface area contributed by atoms with Crippen LogP contribution in [0, 0.1) is 0 Å². The molecule has 13 nitrogen and oxygen atoms in total. The minimum Gasteiger partial charge on any atom is -0.460 e. The largest absolute Gasteiger partial charge is 0.460 e. The summed E-state index contributed by atoms with van der Waals surface area (Å²) in [6.07, 6.45) is -1.88. The van der Waals surface area contributed by atoms with E-state index in [0.717, 1.165) is 0 Å². The molecule has 0 aliphatic heterocycles. The van der Waals surface area contributed by atoms with E-state index in [0.29, 0.717) is 5.57 Å². The molecular weight excluding hydrogens is 568 g/mol. The van der Waals surface area contributed by atoms with Crippen LogP contribution in [0.15, 0.2) is 48.6 Å². The summed E-state index contributed by atoms with van der Waals surface area (Å²) in [7, 11) is 0. The van der Waals surface area contributed by atoms with Gasteiger partial charge in [-0.1, -0.05) is 26.3 Å². The third kappa shape index (κ3) is 21.1. The van der Waals surface area contributed by atoms with Gasteiger partial charge in [-0.2, -0.15) is 0 Å². The van der Waals surface area contributed by atoms with Gasteiger partial charge in [-0.05, 0) is 27.7 Å². The molecule has 0 radical (unpaired) electrons. The first-order valence-corrected chi connectivity index (χ1v) is 13.6. The van der Waals surface area contributed by atoms with Crippen LogP contribution in [0.2, 0.25) is 0 Å². The molecule has 0 aliphatic rings. The van der Waals surface area contributed by atoms with Crippen LogP contribution in [0.25, 0.3) is 0 Å². The summed E-state index contributed by atoms with van der Waals surface area (Å²) in [4.78, 5) is 47.0. The molecule has 0 fully saturated rings. The van der Waals surface area contributed by atoms with Crippen LogP contribution in [0.5, 0.6) is 0 Å². The molecule has 2 atom stereocenters. The van der Waals surface area contributed by atoms with Crippen LogP contribution >= 0.6 is 0 Å². The van der Waals surface area contributed by atoms with E-state index in [1.54, 1.807) is 6.92 Å². The van der Waals surface area contributed by atoms with Crippen molar-refractivity contribution in [1.29, 1.82) is 0 Å². The summed E-state index contributed by atoms with van der Waals surface area (Å²) in [6, 6.07) is 0. The van der Waals surface area contributed by atoms with Gasteiger partial charge >= 0.3 is 23.9 Å². The molecule has 0 bridgehead atoms. The zero-order valence-electron chi connectivity index (χ0n) is 25.8. The van der Waals surface area contributed by atoms with E-state index < -0.39 is 36.1 Å². The van der Waals surface area contributed by atoms with Crippen molar-refractivity contribution in [2.24, 2.45) is 0 Å². The number of esters is 4. The molecule has 0 aromatic rings. The highest BCUT2D eigenvalue weighted by Crippen LogP contribution is 2.11. The smallest absolute Gasteiger partial charge is 0.333 e. The van der Waals surface area contributed by atoms with Gasteiger partial charge in [0.2, 0.25) is 0 Å². The van der Waals surface area contributed by atoms with Crippen molar-refractivity contribution in [1.82, 2.24) is 0 Å². The highest BCUT2D eigenvalue weighted by Gasteiger charge is 2.28.